The van der Waals surface area contributed by atoms with Gasteiger partial charge in [0.1, 0.15) is 6.10 Å². The molecular weight excluding hydrogens is 236 g/mol. The highest BCUT2D eigenvalue weighted by atomic mass is 28.4. The first-order valence-electron chi connectivity index (χ1n) is 6.11. The lowest BCUT2D eigenvalue weighted by molar-refractivity contribution is -0.152. The first-order valence-corrected chi connectivity index (χ1v) is 9.02. The van der Waals surface area contributed by atoms with Crippen LogP contribution in [-0.2, 0) is 14.0 Å². The predicted molar refractivity (Wildman–Crippen MR) is 70.4 cm³/mol. The second kappa shape index (κ2) is 6.52. The molecule has 17 heavy (non-hydrogen) atoms. The molecule has 102 valence electrons. The summed E-state index contributed by atoms with van der Waals surface area (Å²) < 4.78 is 10.9. The molecule has 0 saturated carbocycles. The quantitative estimate of drug-likeness (QED) is 0.589. The van der Waals surface area contributed by atoms with E-state index in [1.807, 2.05) is 0 Å². The fourth-order valence-corrected chi connectivity index (χ4v) is 2.39. The Bertz CT molecular complexity index is 245. The highest BCUT2D eigenvalue weighted by Gasteiger charge is 2.40. The van der Waals surface area contributed by atoms with Crippen LogP contribution in [0.3, 0.4) is 0 Å². The summed E-state index contributed by atoms with van der Waals surface area (Å²) >= 11 is 0. The van der Waals surface area contributed by atoms with Crippen LogP contribution in [0.4, 0.5) is 0 Å². The molecule has 1 N–H and O–H groups in total. The topological polar surface area (TPSA) is 55.8 Å². The lowest BCUT2D eigenvalue weighted by atomic mass is 10.2. The van der Waals surface area contributed by atoms with Gasteiger partial charge >= 0.3 is 5.97 Å². The van der Waals surface area contributed by atoms with E-state index in [2.05, 4.69) is 33.9 Å². The van der Waals surface area contributed by atoms with Crippen LogP contribution >= 0.6 is 0 Å². The van der Waals surface area contributed by atoms with Crippen molar-refractivity contribution in [3.63, 3.8) is 0 Å². The van der Waals surface area contributed by atoms with Crippen molar-refractivity contribution in [2.75, 3.05) is 13.2 Å². The molecule has 0 bridgehead atoms. The molecule has 0 spiro atoms. The maximum Gasteiger partial charge on any atom is 0.334 e. The zero-order valence-electron chi connectivity index (χ0n) is 11.9. The molecule has 0 aromatic heterocycles. The molecule has 0 saturated heterocycles. The van der Waals surface area contributed by atoms with E-state index < -0.39 is 14.4 Å². The van der Waals surface area contributed by atoms with Gasteiger partial charge < -0.3 is 14.3 Å². The van der Waals surface area contributed by atoms with E-state index in [-0.39, 0.29) is 17.6 Å². The zero-order valence-corrected chi connectivity index (χ0v) is 12.9. The summed E-state index contributed by atoms with van der Waals surface area (Å²) in [6, 6.07) is 0. The third kappa shape index (κ3) is 5.19. The summed E-state index contributed by atoms with van der Waals surface area (Å²) in [5.74, 6) is -0.369. The minimum atomic E-state index is -2.01. The van der Waals surface area contributed by atoms with Gasteiger partial charge in [0.2, 0.25) is 0 Å². The average molecular weight is 262 g/mol. The Kier molecular flexibility index (Phi) is 6.36. The van der Waals surface area contributed by atoms with E-state index in [1.165, 1.54) is 0 Å². The van der Waals surface area contributed by atoms with E-state index in [0.717, 1.165) is 0 Å². The molecule has 4 nitrogen and oxygen atoms in total. The molecule has 0 radical (unpaired) electrons. The van der Waals surface area contributed by atoms with Gasteiger partial charge in [-0.15, -0.1) is 0 Å². The second-order valence-electron chi connectivity index (χ2n) is 5.63. The van der Waals surface area contributed by atoms with Gasteiger partial charge in [-0.3, -0.25) is 0 Å². The molecule has 0 fully saturated rings. The second-order valence-corrected chi connectivity index (χ2v) is 10.4. The Morgan fingerprint density at radius 2 is 1.88 bits per heavy atom. The zero-order chi connectivity index (χ0) is 13.7. The lowest BCUT2D eigenvalue weighted by Gasteiger charge is -2.38. The van der Waals surface area contributed by atoms with Gasteiger partial charge in [0.25, 0.3) is 0 Å². The van der Waals surface area contributed by atoms with Gasteiger partial charge in [-0.2, -0.15) is 0 Å². The van der Waals surface area contributed by atoms with Crippen LogP contribution in [0.25, 0.3) is 0 Å². The number of rotatable bonds is 6. The summed E-state index contributed by atoms with van der Waals surface area (Å²) in [5, 5.41) is 9.02. The number of hydrogen-bond donors (Lipinski definition) is 1. The van der Waals surface area contributed by atoms with E-state index in [1.54, 1.807) is 6.92 Å². The Balaban J connectivity index is 4.70. The summed E-state index contributed by atoms with van der Waals surface area (Å²) in [6.45, 7) is 12.5. The van der Waals surface area contributed by atoms with Crippen molar-refractivity contribution in [2.24, 2.45) is 0 Å². The molecular formula is C12H26O4Si. The minimum Gasteiger partial charge on any atom is -0.464 e. The monoisotopic (exact) mass is 262 g/mol. The molecule has 1 atom stereocenters. The minimum absolute atomic E-state index is 0.0349. The smallest absolute Gasteiger partial charge is 0.334 e. The van der Waals surface area contributed by atoms with Gasteiger partial charge in [-0.05, 0) is 25.1 Å². The Hall–Kier alpha value is -0.393. The number of ether oxygens (including phenoxy) is 1. The predicted octanol–water partition coefficient (Wildman–Crippen LogP) is 2.32. The summed E-state index contributed by atoms with van der Waals surface area (Å²) in [6.07, 6.45) is -0.341. The Morgan fingerprint density at radius 1 is 1.35 bits per heavy atom. The number of aliphatic hydroxyl groups excluding tert-OH is 1. The fraction of sp³-hybridized carbons (Fsp3) is 0.917. The molecule has 0 amide bonds. The summed E-state index contributed by atoms with van der Waals surface area (Å²) in [4.78, 5) is 11.7. The Labute approximate surface area is 105 Å². The highest BCUT2D eigenvalue weighted by molar-refractivity contribution is 6.74. The van der Waals surface area contributed by atoms with Crippen molar-refractivity contribution < 1.29 is 19.1 Å². The molecule has 0 aromatic rings. The maximum atomic E-state index is 11.7. The fourth-order valence-electron chi connectivity index (χ4n) is 1.11. The van der Waals surface area contributed by atoms with Crippen LogP contribution in [0.5, 0.6) is 0 Å². The van der Waals surface area contributed by atoms with Crippen molar-refractivity contribution in [1.29, 1.82) is 0 Å². The van der Waals surface area contributed by atoms with E-state index in [4.69, 9.17) is 14.3 Å². The van der Waals surface area contributed by atoms with Gasteiger partial charge in [0.15, 0.2) is 8.32 Å². The first-order chi connectivity index (χ1) is 7.65. The molecule has 0 aliphatic heterocycles. The molecule has 0 aliphatic carbocycles. The van der Waals surface area contributed by atoms with Crippen LogP contribution in [0, 0.1) is 0 Å². The third-order valence-electron chi connectivity index (χ3n) is 3.18. The SMILES string of the molecule is CCOC(=O)[C@H](CCO)O[Si](C)(C)C(C)(C)C. The number of esters is 1. The number of aliphatic hydroxyl groups is 1. The van der Waals surface area contributed by atoms with E-state index >= 15 is 0 Å². The molecule has 5 heteroatoms. The Morgan fingerprint density at radius 3 is 2.24 bits per heavy atom. The standard InChI is InChI=1S/C12H26O4Si/c1-7-15-11(14)10(8-9-13)16-17(5,6)12(2,3)4/h10,13H,7-9H2,1-6H3/t10-/m0/s1. The van der Waals surface area contributed by atoms with Crippen molar-refractivity contribution in [2.45, 2.75) is 58.4 Å². The molecule has 0 aromatic carbocycles. The highest BCUT2D eigenvalue weighted by Crippen LogP contribution is 2.37. The molecule has 0 aliphatic rings. The molecule has 0 unspecified atom stereocenters. The van der Waals surface area contributed by atoms with Gasteiger partial charge in [0, 0.05) is 13.0 Å². The van der Waals surface area contributed by atoms with Crippen molar-refractivity contribution in [3.05, 3.63) is 0 Å². The summed E-state index contributed by atoms with van der Waals surface area (Å²) in [5.41, 5.74) is 0. The van der Waals surface area contributed by atoms with Crippen LogP contribution in [-0.4, -0.2) is 38.7 Å². The molecule has 0 rings (SSSR count). The van der Waals surface area contributed by atoms with Crippen LogP contribution < -0.4 is 0 Å². The number of carbonyl (C=O) groups excluding carboxylic acids is 1. The normalized spacial score (nSPS) is 14.5. The first kappa shape index (κ1) is 16.6. The van der Waals surface area contributed by atoms with Crippen molar-refractivity contribution >= 4 is 14.3 Å². The van der Waals surface area contributed by atoms with Gasteiger partial charge in [0.05, 0.1) is 6.61 Å². The average Bonchev–Trinajstić information content (AvgIpc) is 2.15. The van der Waals surface area contributed by atoms with Crippen LogP contribution in [0.2, 0.25) is 18.1 Å². The van der Waals surface area contributed by atoms with Crippen molar-refractivity contribution in [1.82, 2.24) is 0 Å². The number of carbonyl (C=O) groups is 1. The van der Waals surface area contributed by atoms with Crippen molar-refractivity contribution in [3.8, 4) is 0 Å². The van der Waals surface area contributed by atoms with E-state index in [9.17, 15) is 4.79 Å². The van der Waals surface area contributed by atoms with Gasteiger partial charge in [-0.25, -0.2) is 4.79 Å². The molecule has 0 heterocycles. The summed E-state index contributed by atoms with van der Waals surface area (Å²) in [7, 11) is -2.01. The van der Waals surface area contributed by atoms with Crippen LogP contribution in [0.15, 0.2) is 0 Å². The largest absolute Gasteiger partial charge is 0.464 e. The van der Waals surface area contributed by atoms with Gasteiger partial charge in [-0.1, -0.05) is 20.8 Å². The van der Waals surface area contributed by atoms with E-state index in [0.29, 0.717) is 13.0 Å². The van der Waals surface area contributed by atoms with Crippen LogP contribution in [0.1, 0.15) is 34.1 Å². The maximum absolute atomic E-state index is 11.7. The lowest BCUT2D eigenvalue weighted by Crippen LogP contribution is -2.46. The number of hydrogen-bond acceptors (Lipinski definition) is 4. The third-order valence-corrected chi connectivity index (χ3v) is 7.67.